The molecule has 1 amide bonds. The van der Waals surface area contributed by atoms with Gasteiger partial charge < -0.3 is 19.3 Å². The quantitative estimate of drug-likeness (QED) is 0.522. The van der Waals surface area contributed by atoms with E-state index in [1.165, 1.54) is 31.5 Å². The van der Waals surface area contributed by atoms with E-state index in [1.807, 2.05) is 13.8 Å². The molecule has 2 aromatic carbocycles. The molecule has 0 saturated carbocycles. The van der Waals surface area contributed by atoms with Crippen LogP contribution in [0.2, 0.25) is 0 Å². The van der Waals surface area contributed by atoms with Crippen molar-refractivity contribution in [2.45, 2.75) is 46.4 Å². The molecule has 1 aliphatic rings. The molecule has 2 heterocycles. The summed E-state index contributed by atoms with van der Waals surface area (Å²) in [5, 5.41) is 6.92. The summed E-state index contributed by atoms with van der Waals surface area (Å²) in [7, 11) is 1.56. The van der Waals surface area contributed by atoms with Gasteiger partial charge >= 0.3 is 0 Å². The first-order chi connectivity index (χ1) is 16.0. The zero-order chi connectivity index (χ0) is 23.2. The second-order valence-corrected chi connectivity index (χ2v) is 8.44. The monoisotopic (exact) mass is 449 g/mol. The average Bonchev–Trinajstić information content (AvgIpc) is 3.46. The van der Waals surface area contributed by atoms with Crippen molar-refractivity contribution in [1.29, 1.82) is 0 Å². The van der Waals surface area contributed by atoms with Crippen LogP contribution in [-0.2, 0) is 19.7 Å². The summed E-state index contributed by atoms with van der Waals surface area (Å²) < 4.78 is 16.5. The van der Waals surface area contributed by atoms with Crippen LogP contribution in [0.5, 0.6) is 11.5 Å². The highest BCUT2D eigenvalue weighted by molar-refractivity contribution is 5.94. The molecule has 1 N–H and O–H groups in total. The Labute approximate surface area is 194 Å². The molecule has 174 valence electrons. The van der Waals surface area contributed by atoms with E-state index < -0.39 is 0 Å². The summed E-state index contributed by atoms with van der Waals surface area (Å²) in [4.78, 5) is 15.2. The Morgan fingerprint density at radius 2 is 1.79 bits per heavy atom. The third-order valence-corrected chi connectivity index (χ3v) is 6.06. The van der Waals surface area contributed by atoms with E-state index in [-0.39, 0.29) is 5.91 Å². The predicted molar refractivity (Wildman–Crippen MR) is 125 cm³/mol. The lowest BCUT2D eigenvalue weighted by atomic mass is 10.1. The van der Waals surface area contributed by atoms with E-state index in [0.29, 0.717) is 30.2 Å². The third-order valence-electron chi connectivity index (χ3n) is 6.06. The highest BCUT2D eigenvalue weighted by Gasteiger charge is 2.15. The molecule has 1 aliphatic heterocycles. The molecule has 3 aromatic rings. The van der Waals surface area contributed by atoms with Crippen molar-refractivity contribution in [2.24, 2.45) is 0 Å². The van der Waals surface area contributed by atoms with Crippen molar-refractivity contribution in [1.82, 2.24) is 15.4 Å². The maximum atomic E-state index is 12.7. The molecule has 7 heteroatoms. The van der Waals surface area contributed by atoms with Gasteiger partial charge in [0.25, 0.3) is 5.91 Å². The number of nitrogens with zero attached hydrogens (tertiary/aromatic N) is 2. The van der Waals surface area contributed by atoms with E-state index in [0.717, 1.165) is 29.1 Å². The maximum absolute atomic E-state index is 12.7. The molecule has 1 saturated heterocycles. The number of methoxy groups -OCH3 is 1. The van der Waals surface area contributed by atoms with E-state index in [2.05, 4.69) is 39.6 Å². The molecular formula is C26H31N3O4. The molecule has 0 atom stereocenters. The van der Waals surface area contributed by atoms with Gasteiger partial charge in [-0.25, -0.2) is 0 Å². The van der Waals surface area contributed by atoms with Gasteiger partial charge in [0.1, 0.15) is 12.4 Å². The molecule has 7 nitrogen and oxygen atoms in total. The molecule has 1 aromatic heterocycles. The van der Waals surface area contributed by atoms with Crippen LogP contribution in [-0.4, -0.2) is 36.2 Å². The first kappa shape index (κ1) is 22.9. The van der Waals surface area contributed by atoms with E-state index in [1.54, 1.807) is 25.3 Å². The van der Waals surface area contributed by atoms with Crippen LogP contribution in [0.4, 0.5) is 0 Å². The molecule has 0 aliphatic carbocycles. The van der Waals surface area contributed by atoms with Crippen molar-refractivity contribution in [3.05, 3.63) is 76.2 Å². The molecule has 4 rings (SSSR count). The molecule has 0 spiro atoms. The summed E-state index contributed by atoms with van der Waals surface area (Å²) >= 11 is 0. The Morgan fingerprint density at radius 1 is 1.06 bits per heavy atom. The van der Waals surface area contributed by atoms with Gasteiger partial charge in [0, 0.05) is 18.7 Å². The summed E-state index contributed by atoms with van der Waals surface area (Å²) in [6.07, 6.45) is 2.59. The van der Waals surface area contributed by atoms with Crippen LogP contribution in [0.15, 0.2) is 47.0 Å². The van der Waals surface area contributed by atoms with Crippen LogP contribution in [0, 0.1) is 13.8 Å². The number of benzene rings is 2. The number of rotatable bonds is 9. The van der Waals surface area contributed by atoms with Gasteiger partial charge in [-0.05, 0) is 69.1 Å². The van der Waals surface area contributed by atoms with Gasteiger partial charge in [0.15, 0.2) is 11.5 Å². The molecule has 0 bridgehead atoms. The van der Waals surface area contributed by atoms with Crippen molar-refractivity contribution in [3.63, 3.8) is 0 Å². The first-order valence-corrected chi connectivity index (χ1v) is 11.3. The van der Waals surface area contributed by atoms with Crippen molar-refractivity contribution < 1.29 is 18.8 Å². The van der Waals surface area contributed by atoms with Gasteiger partial charge in [-0.3, -0.25) is 9.69 Å². The lowest BCUT2D eigenvalue weighted by Gasteiger charge is -2.15. The standard InChI is InChI=1S/C26H31N3O4/c1-18-23(19(2)33-28-18)17-32-24-11-10-22(14-25(24)31-3)26(30)27-15-20-6-8-21(9-7-20)16-29-12-4-5-13-29/h6-11,14H,4-5,12-13,15-17H2,1-3H3,(H,27,30). The highest BCUT2D eigenvalue weighted by Crippen LogP contribution is 2.29. The number of nitrogens with one attached hydrogen (secondary N) is 1. The van der Waals surface area contributed by atoms with Crippen LogP contribution in [0.1, 0.15) is 51.3 Å². The zero-order valence-corrected chi connectivity index (χ0v) is 19.5. The van der Waals surface area contributed by atoms with E-state index in [9.17, 15) is 4.79 Å². The van der Waals surface area contributed by atoms with Crippen LogP contribution in [0.25, 0.3) is 0 Å². The number of aromatic nitrogens is 1. The molecule has 0 unspecified atom stereocenters. The van der Waals surface area contributed by atoms with E-state index >= 15 is 0 Å². The van der Waals surface area contributed by atoms with Gasteiger partial charge in [-0.15, -0.1) is 0 Å². The fourth-order valence-electron chi connectivity index (χ4n) is 4.03. The molecular weight excluding hydrogens is 418 g/mol. The van der Waals surface area contributed by atoms with Gasteiger partial charge in [0.2, 0.25) is 0 Å². The molecule has 1 fully saturated rings. The molecule has 0 radical (unpaired) electrons. The smallest absolute Gasteiger partial charge is 0.251 e. The SMILES string of the molecule is COc1cc(C(=O)NCc2ccc(CN3CCCC3)cc2)ccc1OCc1c(C)noc1C. The normalized spacial score (nSPS) is 13.8. The lowest BCUT2D eigenvalue weighted by molar-refractivity contribution is 0.0950. The minimum atomic E-state index is -0.160. The van der Waals surface area contributed by atoms with E-state index in [4.69, 9.17) is 14.0 Å². The predicted octanol–water partition coefficient (Wildman–Crippen LogP) is 4.40. The summed E-state index contributed by atoms with van der Waals surface area (Å²) in [5.41, 5.74) is 4.60. The van der Waals surface area contributed by atoms with Gasteiger partial charge in [-0.2, -0.15) is 0 Å². The number of ether oxygens (including phenoxy) is 2. The maximum Gasteiger partial charge on any atom is 0.251 e. The second kappa shape index (κ2) is 10.5. The zero-order valence-electron chi connectivity index (χ0n) is 19.5. The fourth-order valence-corrected chi connectivity index (χ4v) is 4.03. The summed E-state index contributed by atoms with van der Waals surface area (Å²) in [6.45, 7) is 7.88. The Hall–Kier alpha value is -3.32. The first-order valence-electron chi connectivity index (χ1n) is 11.3. The number of carbonyl (C=O) groups is 1. The topological polar surface area (TPSA) is 76.8 Å². The Balaban J connectivity index is 1.33. The van der Waals surface area contributed by atoms with Crippen LogP contribution < -0.4 is 14.8 Å². The van der Waals surface area contributed by atoms with Gasteiger partial charge in [-0.1, -0.05) is 29.4 Å². The number of hydrogen-bond donors (Lipinski definition) is 1. The minimum Gasteiger partial charge on any atom is -0.493 e. The molecule has 33 heavy (non-hydrogen) atoms. The van der Waals surface area contributed by atoms with Crippen LogP contribution in [0.3, 0.4) is 0 Å². The Morgan fingerprint density at radius 3 is 2.45 bits per heavy atom. The largest absolute Gasteiger partial charge is 0.493 e. The number of likely N-dealkylation sites (tertiary alicyclic amines) is 1. The number of carbonyl (C=O) groups excluding carboxylic acids is 1. The number of hydrogen-bond acceptors (Lipinski definition) is 6. The Kier molecular flexibility index (Phi) is 7.29. The third kappa shape index (κ3) is 5.73. The average molecular weight is 450 g/mol. The van der Waals surface area contributed by atoms with Crippen molar-refractivity contribution >= 4 is 5.91 Å². The van der Waals surface area contributed by atoms with Crippen LogP contribution >= 0.6 is 0 Å². The van der Waals surface area contributed by atoms with Crippen molar-refractivity contribution in [3.8, 4) is 11.5 Å². The lowest BCUT2D eigenvalue weighted by Crippen LogP contribution is -2.23. The minimum absolute atomic E-state index is 0.160. The second-order valence-electron chi connectivity index (χ2n) is 8.44. The highest BCUT2D eigenvalue weighted by atomic mass is 16.5. The fraction of sp³-hybridized carbons (Fsp3) is 0.385. The van der Waals surface area contributed by atoms with Gasteiger partial charge in [0.05, 0.1) is 18.4 Å². The van der Waals surface area contributed by atoms with Crippen molar-refractivity contribution in [2.75, 3.05) is 20.2 Å². The number of aryl methyl sites for hydroxylation is 2. The number of amides is 1. The Bertz CT molecular complexity index is 1070. The summed E-state index contributed by atoms with van der Waals surface area (Å²) in [5.74, 6) is 1.63. The summed E-state index contributed by atoms with van der Waals surface area (Å²) in [6, 6.07) is 13.6.